The van der Waals surface area contributed by atoms with Crippen molar-refractivity contribution >= 4 is 12.4 Å². The van der Waals surface area contributed by atoms with E-state index in [1.165, 1.54) is 11.0 Å². The summed E-state index contributed by atoms with van der Waals surface area (Å²) in [4.78, 5) is 0. The van der Waals surface area contributed by atoms with Crippen LogP contribution in [0.2, 0.25) is 6.82 Å². The molecule has 0 amide bonds. The highest BCUT2D eigenvalue weighted by Gasteiger charge is 2.10. The van der Waals surface area contributed by atoms with Gasteiger partial charge in [-0.3, -0.25) is 0 Å². The Morgan fingerprint density at radius 1 is 1.25 bits per heavy atom. The second-order valence-electron chi connectivity index (χ2n) is 3.96. The van der Waals surface area contributed by atoms with Crippen LogP contribution in [0.15, 0.2) is 24.3 Å². The maximum absolute atomic E-state index is 5.71. The van der Waals surface area contributed by atoms with Gasteiger partial charge in [-0.1, -0.05) is 36.7 Å². The summed E-state index contributed by atoms with van der Waals surface area (Å²) < 4.78 is 5.71. The summed E-state index contributed by atoms with van der Waals surface area (Å²) in [6.45, 7) is 7.41. The van der Waals surface area contributed by atoms with Crippen LogP contribution in [0.4, 0.5) is 0 Å². The first-order chi connectivity index (χ1) is 7.74. The lowest BCUT2D eigenvalue weighted by Gasteiger charge is -2.11. The van der Waals surface area contributed by atoms with Crippen molar-refractivity contribution < 1.29 is 4.65 Å². The second-order valence-corrected chi connectivity index (χ2v) is 3.96. The van der Waals surface area contributed by atoms with Crippen molar-refractivity contribution in [1.82, 2.24) is 5.32 Å². The SMILES string of the molecule is CB(OCCNCCN)c1ccc(C)cc1. The summed E-state index contributed by atoms with van der Waals surface area (Å²) in [5.74, 6) is 0. The van der Waals surface area contributed by atoms with Crippen molar-refractivity contribution in [3.8, 4) is 0 Å². The standard InChI is InChI=1S/C12H21BN2O/c1-11-3-5-12(6-4-11)13(2)16-10-9-15-8-7-14/h3-6,15H,7-10,14H2,1-2H3. The van der Waals surface area contributed by atoms with Crippen molar-refractivity contribution in [3.05, 3.63) is 29.8 Å². The monoisotopic (exact) mass is 220 g/mol. The van der Waals surface area contributed by atoms with Gasteiger partial charge in [0.1, 0.15) is 0 Å². The fraction of sp³-hybridized carbons (Fsp3) is 0.500. The van der Waals surface area contributed by atoms with E-state index in [0.29, 0.717) is 6.54 Å². The maximum Gasteiger partial charge on any atom is 0.323 e. The quantitative estimate of drug-likeness (QED) is 0.516. The van der Waals surface area contributed by atoms with Gasteiger partial charge in [-0.2, -0.15) is 0 Å². The highest BCUT2D eigenvalue weighted by atomic mass is 16.4. The van der Waals surface area contributed by atoms with Crippen molar-refractivity contribution in [2.24, 2.45) is 5.73 Å². The molecule has 0 aliphatic carbocycles. The first-order valence-corrected chi connectivity index (χ1v) is 5.83. The lowest BCUT2D eigenvalue weighted by molar-refractivity contribution is 0.326. The first-order valence-electron chi connectivity index (χ1n) is 5.83. The molecule has 1 aromatic rings. The van der Waals surface area contributed by atoms with Gasteiger partial charge in [0.25, 0.3) is 0 Å². The van der Waals surface area contributed by atoms with Crippen LogP contribution in [0.3, 0.4) is 0 Å². The Kier molecular flexibility index (Phi) is 6.15. The van der Waals surface area contributed by atoms with Crippen molar-refractivity contribution in [3.63, 3.8) is 0 Å². The molecular formula is C12H21BN2O. The van der Waals surface area contributed by atoms with Crippen LogP contribution in [0, 0.1) is 6.92 Å². The van der Waals surface area contributed by atoms with Crippen LogP contribution in [-0.2, 0) is 4.65 Å². The molecule has 3 nitrogen and oxygen atoms in total. The van der Waals surface area contributed by atoms with Gasteiger partial charge in [-0.15, -0.1) is 0 Å². The van der Waals surface area contributed by atoms with Crippen LogP contribution >= 0.6 is 0 Å². The van der Waals surface area contributed by atoms with Crippen molar-refractivity contribution in [2.45, 2.75) is 13.7 Å². The fourth-order valence-electron chi connectivity index (χ4n) is 1.47. The summed E-state index contributed by atoms with van der Waals surface area (Å²) in [5, 5.41) is 3.20. The molecule has 0 fully saturated rings. The molecule has 88 valence electrons. The molecule has 0 heterocycles. The summed E-state index contributed by atoms with van der Waals surface area (Å²) >= 11 is 0. The molecule has 0 saturated heterocycles. The second kappa shape index (κ2) is 7.44. The molecule has 0 bridgehead atoms. The molecule has 0 spiro atoms. The molecule has 4 heteroatoms. The van der Waals surface area contributed by atoms with Crippen LogP contribution in [0.5, 0.6) is 0 Å². The fourth-order valence-corrected chi connectivity index (χ4v) is 1.47. The first kappa shape index (κ1) is 13.2. The van der Waals surface area contributed by atoms with Crippen LogP contribution < -0.4 is 16.5 Å². The zero-order chi connectivity index (χ0) is 11.8. The minimum atomic E-state index is 0.153. The average Bonchev–Trinajstić information content (AvgIpc) is 2.29. The topological polar surface area (TPSA) is 47.3 Å². The molecule has 0 aromatic heterocycles. The van der Waals surface area contributed by atoms with Gasteiger partial charge in [-0.25, -0.2) is 0 Å². The summed E-state index contributed by atoms with van der Waals surface area (Å²) in [6.07, 6.45) is 0. The lowest BCUT2D eigenvalue weighted by Crippen LogP contribution is -2.34. The molecule has 0 radical (unpaired) electrons. The molecule has 3 N–H and O–H groups in total. The van der Waals surface area contributed by atoms with Crippen LogP contribution in [-0.4, -0.2) is 33.2 Å². The van der Waals surface area contributed by atoms with E-state index in [2.05, 4.69) is 43.3 Å². The molecule has 16 heavy (non-hydrogen) atoms. The van der Waals surface area contributed by atoms with Crippen molar-refractivity contribution in [1.29, 1.82) is 0 Å². The highest BCUT2D eigenvalue weighted by Crippen LogP contribution is 1.95. The molecule has 0 aliphatic heterocycles. The van der Waals surface area contributed by atoms with E-state index in [1.54, 1.807) is 0 Å². The minimum Gasteiger partial charge on any atom is -0.430 e. The molecule has 1 aromatic carbocycles. The number of benzene rings is 1. The van der Waals surface area contributed by atoms with Gasteiger partial charge in [0, 0.05) is 26.2 Å². The Hall–Kier alpha value is -0.835. The van der Waals surface area contributed by atoms with Crippen molar-refractivity contribution in [2.75, 3.05) is 26.2 Å². The van der Waals surface area contributed by atoms with Crippen LogP contribution in [0.25, 0.3) is 0 Å². The third kappa shape index (κ3) is 4.79. The lowest BCUT2D eigenvalue weighted by atomic mass is 9.63. The normalized spacial score (nSPS) is 10.4. The number of nitrogens with two attached hydrogens (primary N) is 1. The number of hydrogen-bond donors (Lipinski definition) is 2. The largest absolute Gasteiger partial charge is 0.430 e. The van der Waals surface area contributed by atoms with Gasteiger partial charge in [0.05, 0.1) is 0 Å². The van der Waals surface area contributed by atoms with Crippen LogP contribution in [0.1, 0.15) is 5.56 Å². The third-order valence-electron chi connectivity index (χ3n) is 2.51. The van der Waals surface area contributed by atoms with E-state index >= 15 is 0 Å². The van der Waals surface area contributed by atoms with Gasteiger partial charge >= 0.3 is 6.92 Å². The van der Waals surface area contributed by atoms with E-state index in [-0.39, 0.29) is 6.92 Å². The molecule has 0 aliphatic rings. The Morgan fingerprint density at radius 3 is 2.56 bits per heavy atom. The smallest absolute Gasteiger partial charge is 0.323 e. The van der Waals surface area contributed by atoms with E-state index in [4.69, 9.17) is 10.4 Å². The van der Waals surface area contributed by atoms with E-state index < -0.39 is 0 Å². The number of rotatable bonds is 7. The van der Waals surface area contributed by atoms with Gasteiger partial charge in [0.15, 0.2) is 0 Å². The molecule has 0 saturated carbocycles. The minimum absolute atomic E-state index is 0.153. The molecule has 1 rings (SSSR count). The zero-order valence-corrected chi connectivity index (χ0v) is 10.2. The van der Waals surface area contributed by atoms with Gasteiger partial charge < -0.3 is 15.7 Å². The number of aryl methyl sites for hydroxylation is 1. The third-order valence-corrected chi connectivity index (χ3v) is 2.51. The molecule has 0 atom stereocenters. The predicted molar refractivity (Wildman–Crippen MR) is 70.3 cm³/mol. The Balaban J connectivity index is 2.24. The number of hydrogen-bond acceptors (Lipinski definition) is 3. The van der Waals surface area contributed by atoms with Gasteiger partial charge in [0.2, 0.25) is 0 Å². The zero-order valence-electron chi connectivity index (χ0n) is 10.2. The van der Waals surface area contributed by atoms with Gasteiger partial charge in [-0.05, 0) is 12.4 Å². The predicted octanol–water partition coefficient (Wildman–Crippen LogP) is 0.388. The summed E-state index contributed by atoms with van der Waals surface area (Å²) in [5.41, 5.74) is 7.88. The average molecular weight is 220 g/mol. The Labute approximate surface area is 98.5 Å². The van der Waals surface area contributed by atoms with E-state index in [0.717, 1.165) is 19.7 Å². The molecule has 0 unspecified atom stereocenters. The van der Waals surface area contributed by atoms with E-state index in [9.17, 15) is 0 Å². The summed E-state index contributed by atoms with van der Waals surface area (Å²) in [6, 6.07) is 8.46. The van der Waals surface area contributed by atoms with E-state index in [1.807, 2.05) is 0 Å². The number of nitrogens with one attached hydrogen (secondary N) is 1. The maximum atomic E-state index is 5.71. The highest BCUT2D eigenvalue weighted by molar-refractivity contribution is 6.66. The Morgan fingerprint density at radius 2 is 1.94 bits per heavy atom. The molecular weight excluding hydrogens is 199 g/mol. The summed E-state index contributed by atoms with van der Waals surface area (Å²) in [7, 11) is 0. The Bertz CT molecular complexity index is 290.